The fourth-order valence-corrected chi connectivity index (χ4v) is 4.45. The molecular formula is C26H16F4IN3O7. The second-order valence-electron chi connectivity index (χ2n) is 8.24. The zero-order valence-corrected chi connectivity index (χ0v) is 22.8. The van der Waals surface area contributed by atoms with Gasteiger partial charge in [0.2, 0.25) is 5.75 Å². The van der Waals surface area contributed by atoms with Gasteiger partial charge in [0.25, 0.3) is 11.8 Å². The third-order valence-corrected chi connectivity index (χ3v) is 6.33. The molecule has 1 saturated heterocycles. The molecule has 0 bridgehead atoms. The predicted molar refractivity (Wildman–Crippen MR) is 144 cm³/mol. The number of nitro groups is 1. The van der Waals surface area contributed by atoms with E-state index in [1.807, 2.05) is 5.32 Å². The van der Waals surface area contributed by atoms with Crippen LogP contribution < -0.4 is 19.7 Å². The Bertz CT molecular complexity index is 1610. The quantitative estimate of drug-likeness (QED) is 0.0782. The van der Waals surface area contributed by atoms with Crippen molar-refractivity contribution in [1.29, 1.82) is 0 Å². The number of nitrogens with zero attached hydrogens (tertiary/aromatic N) is 2. The standard InChI is InChI=1S/C26H16F4IN3O7/c1-2-40-21-11-13(9-17-23(35)32-25(37)33(24(17)36)16-6-4-15(27)5-7-16)10-18(31)22(21)41-20-8-3-14(26(28,29)30)12-19(20)34(38)39/h3-12H,2H2,1H3,(H,32,35,37)/b17-9+. The Hall–Kier alpha value is -4.54. The van der Waals surface area contributed by atoms with Crippen molar-refractivity contribution in [3.05, 3.63) is 90.8 Å². The number of hydrogen-bond donors (Lipinski definition) is 1. The average Bonchev–Trinajstić information content (AvgIpc) is 2.89. The van der Waals surface area contributed by atoms with Gasteiger partial charge in [0, 0.05) is 6.07 Å². The lowest BCUT2D eigenvalue weighted by atomic mass is 10.1. The molecule has 1 fully saturated rings. The van der Waals surface area contributed by atoms with Crippen LogP contribution >= 0.6 is 22.6 Å². The molecule has 41 heavy (non-hydrogen) atoms. The summed E-state index contributed by atoms with van der Waals surface area (Å²) in [6, 6.07) is 7.96. The van der Waals surface area contributed by atoms with Gasteiger partial charge < -0.3 is 9.47 Å². The van der Waals surface area contributed by atoms with Gasteiger partial charge in [-0.3, -0.25) is 25.0 Å². The summed E-state index contributed by atoms with van der Waals surface area (Å²) in [6.07, 6.45) is -3.65. The van der Waals surface area contributed by atoms with Gasteiger partial charge in [-0.2, -0.15) is 13.2 Å². The van der Waals surface area contributed by atoms with E-state index in [4.69, 9.17) is 9.47 Å². The number of benzene rings is 3. The first-order valence-corrected chi connectivity index (χ1v) is 12.5. The van der Waals surface area contributed by atoms with Gasteiger partial charge in [-0.1, -0.05) is 0 Å². The van der Waals surface area contributed by atoms with Crippen LogP contribution in [0.4, 0.5) is 33.7 Å². The lowest BCUT2D eigenvalue weighted by molar-refractivity contribution is -0.385. The topological polar surface area (TPSA) is 128 Å². The SMILES string of the molecule is CCOc1cc(/C=C2\C(=O)NC(=O)N(c3ccc(F)cc3)C2=O)cc(I)c1Oc1ccc(C(F)(F)F)cc1[N+](=O)[O-]. The molecule has 0 aromatic heterocycles. The van der Waals surface area contributed by atoms with Crippen LogP contribution in [0.5, 0.6) is 17.2 Å². The number of anilines is 1. The highest BCUT2D eigenvalue weighted by Crippen LogP contribution is 2.42. The number of barbiturate groups is 1. The van der Waals surface area contributed by atoms with E-state index in [0.29, 0.717) is 17.0 Å². The van der Waals surface area contributed by atoms with Crippen molar-refractivity contribution in [1.82, 2.24) is 5.32 Å². The average molecular weight is 685 g/mol. The molecule has 1 aliphatic rings. The molecule has 0 unspecified atom stereocenters. The van der Waals surface area contributed by atoms with Crippen molar-refractivity contribution >= 4 is 57.9 Å². The molecular weight excluding hydrogens is 669 g/mol. The molecule has 1 heterocycles. The third kappa shape index (κ3) is 6.29. The summed E-state index contributed by atoms with van der Waals surface area (Å²) in [5.74, 6) is -3.14. The second-order valence-corrected chi connectivity index (χ2v) is 9.40. The Morgan fingerprint density at radius 3 is 2.34 bits per heavy atom. The normalized spacial score (nSPS) is 14.7. The second kappa shape index (κ2) is 11.5. The van der Waals surface area contributed by atoms with E-state index < -0.39 is 57.3 Å². The van der Waals surface area contributed by atoms with E-state index in [2.05, 4.69) is 0 Å². The minimum Gasteiger partial charge on any atom is -0.490 e. The van der Waals surface area contributed by atoms with Crippen LogP contribution in [-0.4, -0.2) is 29.4 Å². The smallest absolute Gasteiger partial charge is 0.416 e. The molecule has 1 aliphatic heterocycles. The van der Waals surface area contributed by atoms with Crippen molar-refractivity contribution in [2.45, 2.75) is 13.1 Å². The number of ether oxygens (including phenoxy) is 2. The van der Waals surface area contributed by atoms with Crippen molar-refractivity contribution in [3.8, 4) is 17.2 Å². The van der Waals surface area contributed by atoms with E-state index in [-0.39, 0.29) is 32.9 Å². The van der Waals surface area contributed by atoms with Gasteiger partial charge in [-0.15, -0.1) is 0 Å². The number of nitrogens with one attached hydrogen (secondary N) is 1. The zero-order valence-electron chi connectivity index (χ0n) is 20.6. The Morgan fingerprint density at radius 1 is 1.05 bits per heavy atom. The highest BCUT2D eigenvalue weighted by molar-refractivity contribution is 14.1. The Labute approximate surface area is 241 Å². The van der Waals surface area contributed by atoms with E-state index >= 15 is 0 Å². The number of nitro benzene ring substituents is 1. The third-order valence-electron chi connectivity index (χ3n) is 5.52. The Kier molecular flexibility index (Phi) is 8.27. The lowest BCUT2D eigenvalue weighted by Gasteiger charge is -2.26. The molecule has 4 amide bonds. The number of rotatable bonds is 7. The van der Waals surface area contributed by atoms with Gasteiger partial charge in [-0.25, -0.2) is 14.1 Å². The number of amides is 4. The first-order valence-electron chi connectivity index (χ1n) is 11.5. The lowest BCUT2D eigenvalue weighted by Crippen LogP contribution is -2.54. The highest BCUT2D eigenvalue weighted by atomic mass is 127. The van der Waals surface area contributed by atoms with E-state index in [9.17, 15) is 42.1 Å². The number of alkyl halides is 3. The summed E-state index contributed by atoms with van der Waals surface area (Å²) >= 11 is 1.78. The summed E-state index contributed by atoms with van der Waals surface area (Å²) in [6.45, 7) is 1.69. The largest absolute Gasteiger partial charge is 0.490 e. The minimum atomic E-state index is -4.82. The molecule has 0 radical (unpaired) electrons. The predicted octanol–water partition coefficient (Wildman–Crippen LogP) is 6.21. The maximum Gasteiger partial charge on any atom is 0.416 e. The molecule has 0 saturated carbocycles. The maximum atomic E-state index is 13.3. The van der Waals surface area contributed by atoms with Crippen molar-refractivity contribution in [2.24, 2.45) is 0 Å². The fourth-order valence-electron chi connectivity index (χ4n) is 3.71. The number of imide groups is 2. The minimum absolute atomic E-state index is 0.00409. The van der Waals surface area contributed by atoms with Crippen LogP contribution in [0, 0.1) is 19.5 Å². The Balaban J connectivity index is 1.74. The Morgan fingerprint density at radius 2 is 1.73 bits per heavy atom. The number of carbonyl (C=O) groups excluding carboxylic acids is 3. The fraction of sp³-hybridized carbons (Fsp3) is 0.115. The molecule has 0 spiro atoms. The molecule has 1 N–H and O–H groups in total. The summed E-state index contributed by atoms with van der Waals surface area (Å²) in [4.78, 5) is 49.2. The molecule has 212 valence electrons. The van der Waals surface area contributed by atoms with Gasteiger partial charge in [-0.05, 0) is 89.7 Å². The van der Waals surface area contributed by atoms with Crippen LogP contribution in [0.2, 0.25) is 0 Å². The first kappa shape index (κ1) is 29.4. The highest BCUT2D eigenvalue weighted by Gasteiger charge is 2.37. The van der Waals surface area contributed by atoms with Gasteiger partial charge in [0.15, 0.2) is 11.5 Å². The molecule has 0 aliphatic carbocycles. The van der Waals surface area contributed by atoms with Gasteiger partial charge in [0.05, 0.1) is 26.4 Å². The van der Waals surface area contributed by atoms with Crippen LogP contribution in [-0.2, 0) is 15.8 Å². The van der Waals surface area contributed by atoms with Gasteiger partial charge in [0.1, 0.15) is 11.4 Å². The molecule has 3 aromatic carbocycles. The van der Waals surface area contributed by atoms with Crippen molar-refractivity contribution in [3.63, 3.8) is 0 Å². The van der Waals surface area contributed by atoms with E-state index in [0.717, 1.165) is 24.3 Å². The van der Waals surface area contributed by atoms with Crippen molar-refractivity contribution < 1.29 is 46.3 Å². The van der Waals surface area contributed by atoms with E-state index in [1.54, 1.807) is 29.5 Å². The monoisotopic (exact) mass is 685 g/mol. The maximum absolute atomic E-state index is 13.3. The molecule has 3 aromatic rings. The van der Waals surface area contributed by atoms with Crippen LogP contribution in [0.1, 0.15) is 18.1 Å². The van der Waals surface area contributed by atoms with Crippen molar-refractivity contribution in [2.75, 3.05) is 11.5 Å². The first-order chi connectivity index (χ1) is 19.3. The summed E-state index contributed by atoms with van der Waals surface area (Å²) < 4.78 is 64.1. The number of hydrogen-bond acceptors (Lipinski definition) is 7. The van der Waals surface area contributed by atoms with Crippen LogP contribution in [0.3, 0.4) is 0 Å². The molecule has 4 rings (SSSR count). The van der Waals surface area contributed by atoms with Gasteiger partial charge >= 0.3 is 17.9 Å². The van der Waals surface area contributed by atoms with E-state index in [1.165, 1.54) is 24.3 Å². The molecule has 0 atom stereocenters. The van der Waals surface area contributed by atoms with Crippen LogP contribution in [0.15, 0.2) is 60.2 Å². The van der Waals surface area contributed by atoms with Crippen LogP contribution in [0.25, 0.3) is 6.08 Å². The zero-order chi connectivity index (χ0) is 30.1. The summed E-state index contributed by atoms with van der Waals surface area (Å²) in [5, 5.41) is 13.5. The summed E-state index contributed by atoms with van der Waals surface area (Å²) in [7, 11) is 0. The number of carbonyl (C=O) groups is 3. The molecule has 10 nitrogen and oxygen atoms in total. The molecule has 15 heteroatoms. The number of urea groups is 1. The summed E-state index contributed by atoms with van der Waals surface area (Å²) in [5.41, 5.74) is -2.38. The number of halogens is 5.